The number of rotatable bonds is 8. The zero-order valence-corrected chi connectivity index (χ0v) is 13.9. The SMILES string of the molecule is CCCCOc1ccc(C=NNc2nc(C)cs2)cc1OC. The monoisotopic (exact) mass is 319 g/mol. The highest BCUT2D eigenvalue weighted by molar-refractivity contribution is 7.13. The number of hydrogen-bond donors (Lipinski definition) is 1. The van der Waals surface area contributed by atoms with Crippen LogP contribution in [0.1, 0.15) is 31.0 Å². The summed E-state index contributed by atoms with van der Waals surface area (Å²) in [5.41, 5.74) is 4.83. The molecule has 5 nitrogen and oxygen atoms in total. The van der Waals surface area contributed by atoms with Crippen molar-refractivity contribution in [2.24, 2.45) is 5.10 Å². The Morgan fingerprint density at radius 1 is 1.36 bits per heavy atom. The molecule has 1 heterocycles. The van der Waals surface area contributed by atoms with Crippen molar-refractivity contribution in [3.05, 3.63) is 34.8 Å². The van der Waals surface area contributed by atoms with Crippen LogP contribution in [0.5, 0.6) is 11.5 Å². The van der Waals surface area contributed by atoms with E-state index in [4.69, 9.17) is 9.47 Å². The van der Waals surface area contributed by atoms with Crippen molar-refractivity contribution in [3.8, 4) is 11.5 Å². The molecule has 6 heteroatoms. The molecule has 22 heavy (non-hydrogen) atoms. The van der Waals surface area contributed by atoms with E-state index in [1.54, 1.807) is 13.3 Å². The number of anilines is 1. The number of thiazole rings is 1. The van der Waals surface area contributed by atoms with E-state index in [9.17, 15) is 0 Å². The third-order valence-corrected chi connectivity index (χ3v) is 3.80. The van der Waals surface area contributed by atoms with E-state index in [-0.39, 0.29) is 0 Å². The maximum atomic E-state index is 5.71. The molecule has 0 saturated carbocycles. The molecular weight excluding hydrogens is 298 g/mol. The van der Waals surface area contributed by atoms with Crippen molar-refractivity contribution < 1.29 is 9.47 Å². The molecule has 0 bridgehead atoms. The van der Waals surface area contributed by atoms with E-state index < -0.39 is 0 Å². The quantitative estimate of drug-likeness (QED) is 0.452. The number of methoxy groups -OCH3 is 1. The summed E-state index contributed by atoms with van der Waals surface area (Å²) in [7, 11) is 1.64. The molecular formula is C16H21N3O2S. The summed E-state index contributed by atoms with van der Waals surface area (Å²) < 4.78 is 11.1. The number of nitrogens with one attached hydrogen (secondary N) is 1. The molecule has 0 aliphatic rings. The van der Waals surface area contributed by atoms with Gasteiger partial charge in [0, 0.05) is 5.38 Å². The molecule has 0 unspecified atom stereocenters. The van der Waals surface area contributed by atoms with E-state index >= 15 is 0 Å². The van der Waals surface area contributed by atoms with Gasteiger partial charge in [-0.1, -0.05) is 13.3 Å². The average Bonchev–Trinajstić information content (AvgIpc) is 2.94. The van der Waals surface area contributed by atoms with E-state index in [2.05, 4.69) is 22.4 Å². The molecule has 2 aromatic rings. The predicted molar refractivity (Wildman–Crippen MR) is 91.5 cm³/mol. The van der Waals surface area contributed by atoms with Crippen LogP contribution in [0.4, 0.5) is 5.13 Å². The fourth-order valence-corrected chi connectivity index (χ4v) is 2.41. The molecule has 0 radical (unpaired) electrons. The summed E-state index contributed by atoms with van der Waals surface area (Å²) in [6, 6.07) is 5.75. The minimum atomic E-state index is 0.700. The number of aryl methyl sites for hydroxylation is 1. The van der Waals surface area contributed by atoms with E-state index in [1.165, 1.54) is 11.3 Å². The summed E-state index contributed by atoms with van der Waals surface area (Å²) >= 11 is 1.53. The van der Waals surface area contributed by atoms with Crippen LogP contribution in [0.3, 0.4) is 0 Å². The van der Waals surface area contributed by atoms with Crippen LogP contribution in [0.15, 0.2) is 28.7 Å². The lowest BCUT2D eigenvalue weighted by molar-refractivity contribution is 0.288. The number of hydrazone groups is 1. The fraction of sp³-hybridized carbons (Fsp3) is 0.375. The highest BCUT2D eigenvalue weighted by atomic mass is 32.1. The van der Waals surface area contributed by atoms with Gasteiger partial charge in [-0.05, 0) is 37.1 Å². The first-order valence-electron chi connectivity index (χ1n) is 7.25. The molecule has 0 spiro atoms. The Morgan fingerprint density at radius 2 is 2.23 bits per heavy atom. The van der Waals surface area contributed by atoms with Gasteiger partial charge in [-0.15, -0.1) is 11.3 Å². The van der Waals surface area contributed by atoms with Crippen LogP contribution in [-0.4, -0.2) is 24.9 Å². The van der Waals surface area contributed by atoms with Crippen LogP contribution in [0.25, 0.3) is 0 Å². The lowest BCUT2D eigenvalue weighted by Gasteiger charge is -2.10. The predicted octanol–water partition coefficient (Wildman–Crippen LogP) is 4.09. The minimum absolute atomic E-state index is 0.700. The van der Waals surface area contributed by atoms with Gasteiger partial charge in [0.25, 0.3) is 0 Å². The Hall–Kier alpha value is -2.08. The zero-order valence-electron chi connectivity index (χ0n) is 13.1. The van der Waals surface area contributed by atoms with Crippen LogP contribution < -0.4 is 14.9 Å². The Balaban J connectivity index is 1.99. The van der Waals surface area contributed by atoms with Crippen LogP contribution in [-0.2, 0) is 0 Å². The lowest BCUT2D eigenvalue weighted by atomic mass is 10.2. The van der Waals surface area contributed by atoms with Gasteiger partial charge in [-0.3, -0.25) is 5.43 Å². The Bertz CT molecular complexity index is 626. The lowest BCUT2D eigenvalue weighted by Crippen LogP contribution is -1.99. The second-order valence-corrected chi connectivity index (χ2v) is 5.63. The van der Waals surface area contributed by atoms with Crippen LogP contribution in [0, 0.1) is 6.92 Å². The number of aromatic nitrogens is 1. The first kappa shape index (κ1) is 16.3. The molecule has 0 saturated heterocycles. The molecule has 118 valence electrons. The molecule has 0 aliphatic heterocycles. The normalized spacial score (nSPS) is 10.9. The van der Waals surface area contributed by atoms with Gasteiger partial charge in [-0.2, -0.15) is 5.10 Å². The molecule has 0 aliphatic carbocycles. The topological polar surface area (TPSA) is 55.7 Å². The summed E-state index contributed by atoms with van der Waals surface area (Å²) in [4.78, 5) is 4.28. The number of unbranched alkanes of at least 4 members (excludes halogenated alkanes) is 1. The molecule has 1 N–H and O–H groups in total. The summed E-state index contributed by atoms with van der Waals surface area (Å²) in [6.45, 7) is 4.79. The standard InChI is InChI=1S/C16H21N3O2S/c1-4-5-8-21-14-7-6-13(9-15(14)20-3)10-17-19-16-18-12(2)11-22-16/h6-7,9-11H,4-5,8H2,1-3H3,(H,18,19). The van der Waals surface area contributed by atoms with E-state index in [0.717, 1.165) is 35.0 Å². The van der Waals surface area contributed by atoms with Crippen molar-refractivity contribution in [1.82, 2.24) is 4.98 Å². The highest BCUT2D eigenvalue weighted by Gasteiger charge is 2.04. The number of nitrogens with zero attached hydrogens (tertiary/aromatic N) is 2. The zero-order chi connectivity index (χ0) is 15.8. The Labute approximate surface area is 135 Å². The van der Waals surface area contributed by atoms with Crippen molar-refractivity contribution >= 4 is 22.7 Å². The van der Waals surface area contributed by atoms with Gasteiger partial charge in [0.2, 0.25) is 5.13 Å². The number of hydrogen-bond acceptors (Lipinski definition) is 6. The van der Waals surface area contributed by atoms with Gasteiger partial charge in [0.05, 0.1) is 25.6 Å². The summed E-state index contributed by atoms with van der Waals surface area (Å²) in [6.07, 6.45) is 3.87. The van der Waals surface area contributed by atoms with Crippen molar-refractivity contribution in [2.45, 2.75) is 26.7 Å². The van der Waals surface area contributed by atoms with Crippen molar-refractivity contribution in [3.63, 3.8) is 0 Å². The molecule has 0 fully saturated rings. The van der Waals surface area contributed by atoms with Crippen molar-refractivity contribution in [1.29, 1.82) is 0 Å². The smallest absolute Gasteiger partial charge is 0.203 e. The van der Waals surface area contributed by atoms with Crippen LogP contribution in [0.2, 0.25) is 0 Å². The maximum Gasteiger partial charge on any atom is 0.203 e. The summed E-state index contributed by atoms with van der Waals surface area (Å²) in [5, 5.41) is 6.94. The molecule has 0 atom stereocenters. The average molecular weight is 319 g/mol. The van der Waals surface area contributed by atoms with Gasteiger partial charge >= 0.3 is 0 Å². The second-order valence-electron chi connectivity index (χ2n) is 4.78. The minimum Gasteiger partial charge on any atom is -0.493 e. The largest absolute Gasteiger partial charge is 0.493 e. The Kier molecular flexibility index (Phi) is 6.21. The first-order valence-corrected chi connectivity index (χ1v) is 8.13. The van der Waals surface area contributed by atoms with Gasteiger partial charge in [0.15, 0.2) is 11.5 Å². The molecule has 0 amide bonds. The Morgan fingerprint density at radius 3 is 2.91 bits per heavy atom. The van der Waals surface area contributed by atoms with Crippen molar-refractivity contribution in [2.75, 3.05) is 19.1 Å². The third-order valence-electron chi connectivity index (χ3n) is 2.94. The number of benzene rings is 1. The first-order chi connectivity index (χ1) is 10.7. The molecule has 1 aromatic heterocycles. The fourth-order valence-electron chi connectivity index (χ4n) is 1.78. The summed E-state index contributed by atoms with van der Waals surface area (Å²) in [5.74, 6) is 1.47. The van der Waals surface area contributed by atoms with E-state index in [0.29, 0.717) is 12.4 Å². The third kappa shape index (κ3) is 4.73. The second kappa shape index (κ2) is 8.38. The molecule has 1 aromatic carbocycles. The van der Waals surface area contributed by atoms with E-state index in [1.807, 2.05) is 30.5 Å². The van der Waals surface area contributed by atoms with Gasteiger partial charge in [-0.25, -0.2) is 4.98 Å². The van der Waals surface area contributed by atoms with Gasteiger partial charge < -0.3 is 9.47 Å². The number of ether oxygens (including phenoxy) is 2. The van der Waals surface area contributed by atoms with Crippen LogP contribution >= 0.6 is 11.3 Å². The highest BCUT2D eigenvalue weighted by Crippen LogP contribution is 2.27. The maximum absolute atomic E-state index is 5.71. The molecule has 2 rings (SSSR count). The van der Waals surface area contributed by atoms with Gasteiger partial charge in [0.1, 0.15) is 0 Å².